The minimum absolute atomic E-state index is 0.116. The molecule has 1 heterocycles. The summed E-state index contributed by atoms with van der Waals surface area (Å²) in [5.41, 5.74) is 5.52. The lowest BCUT2D eigenvalue weighted by Gasteiger charge is -2.38. The van der Waals surface area contributed by atoms with Crippen LogP contribution in [0.1, 0.15) is 51.4 Å². The van der Waals surface area contributed by atoms with Crippen molar-refractivity contribution in [3.8, 4) is 0 Å². The van der Waals surface area contributed by atoms with E-state index in [-0.39, 0.29) is 11.9 Å². The molecule has 4 heteroatoms. The van der Waals surface area contributed by atoms with Gasteiger partial charge in [-0.3, -0.25) is 4.79 Å². The van der Waals surface area contributed by atoms with Crippen LogP contribution in [0.2, 0.25) is 0 Å². The summed E-state index contributed by atoms with van der Waals surface area (Å²) in [4.78, 5) is 14.1. The van der Waals surface area contributed by atoms with Crippen molar-refractivity contribution in [2.75, 3.05) is 13.1 Å². The fraction of sp³-hybridized carbons (Fsp3) is 0.933. The van der Waals surface area contributed by atoms with Crippen molar-refractivity contribution in [2.45, 2.75) is 69.5 Å². The van der Waals surface area contributed by atoms with Gasteiger partial charge in [0.15, 0.2) is 0 Å². The Morgan fingerprint density at radius 3 is 2.74 bits per heavy atom. The highest BCUT2D eigenvalue weighted by molar-refractivity contribution is 5.79. The van der Waals surface area contributed by atoms with Gasteiger partial charge in [-0.1, -0.05) is 6.42 Å². The lowest BCUT2D eigenvalue weighted by molar-refractivity contribution is -0.120. The molecule has 1 aliphatic heterocycles. The third-order valence-corrected chi connectivity index (χ3v) is 5.17. The fourth-order valence-corrected chi connectivity index (χ4v) is 3.97. The molecule has 4 nitrogen and oxygen atoms in total. The Bertz CT molecular complexity index is 329. The number of carbonyl (C=O) groups excluding carboxylic acids is 1. The van der Waals surface area contributed by atoms with Gasteiger partial charge in [0.2, 0.25) is 5.91 Å². The molecule has 108 valence electrons. The summed E-state index contributed by atoms with van der Waals surface area (Å²) in [5.74, 6) is 0.754. The van der Waals surface area contributed by atoms with E-state index in [4.69, 9.17) is 5.73 Å². The maximum atomic E-state index is 11.5. The summed E-state index contributed by atoms with van der Waals surface area (Å²) >= 11 is 0. The molecule has 0 aromatic carbocycles. The summed E-state index contributed by atoms with van der Waals surface area (Å²) in [6.07, 6.45) is 10.2. The molecule has 2 saturated carbocycles. The number of nitrogens with one attached hydrogen (secondary N) is 1. The average molecular weight is 265 g/mol. The van der Waals surface area contributed by atoms with E-state index >= 15 is 0 Å². The van der Waals surface area contributed by atoms with Gasteiger partial charge < -0.3 is 16.0 Å². The average Bonchev–Trinajstić information content (AvgIpc) is 3.08. The molecule has 0 spiro atoms. The number of nitrogens with zero attached hydrogens (tertiary/aromatic N) is 1. The van der Waals surface area contributed by atoms with Crippen LogP contribution in [-0.2, 0) is 4.79 Å². The van der Waals surface area contributed by atoms with Gasteiger partial charge in [-0.25, -0.2) is 0 Å². The van der Waals surface area contributed by atoms with Gasteiger partial charge in [-0.15, -0.1) is 0 Å². The molecule has 0 bridgehead atoms. The molecular weight excluding hydrogens is 238 g/mol. The minimum Gasteiger partial charge on any atom is -0.368 e. The summed E-state index contributed by atoms with van der Waals surface area (Å²) in [6.45, 7) is 2.25. The molecular formula is C15H27N3O. The largest absolute Gasteiger partial charge is 0.368 e. The van der Waals surface area contributed by atoms with Gasteiger partial charge in [0.1, 0.15) is 0 Å². The first-order valence-electron chi connectivity index (χ1n) is 8.03. The Kier molecular flexibility index (Phi) is 4.08. The van der Waals surface area contributed by atoms with Crippen LogP contribution < -0.4 is 11.1 Å². The van der Waals surface area contributed by atoms with Crippen molar-refractivity contribution in [2.24, 2.45) is 11.7 Å². The molecule has 3 rings (SSSR count). The normalized spacial score (nSPS) is 33.1. The second kappa shape index (κ2) is 5.80. The first kappa shape index (κ1) is 13.4. The number of primary amides is 1. The molecule has 0 radical (unpaired) electrons. The van der Waals surface area contributed by atoms with E-state index < -0.39 is 0 Å². The molecule has 1 saturated heterocycles. The monoisotopic (exact) mass is 265 g/mol. The number of nitrogens with two attached hydrogens (primary N) is 1. The van der Waals surface area contributed by atoms with Crippen LogP contribution in [-0.4, -0.2) is 42.0 Å². The molecule has 2 aliphatic carbocycles. The maximum Gasteiger partial charge on any atom is 0.234 e. The maximum absolute atomic E-state index is 11.5. The van der Waals surface area contributed by atoms with Gasteiger partial charge in [-0.05, 0) is 57.4 Å². The first-order chi connectivity index (χ1) is 9.24. The first-order valence-corrected chi connectivity index (χ1v) is 8.03. The van der Waals surface area contributed by atoms with Gasteiger partial charge >= 0.3 is 0 Å². The van der Waals surface area contributed by atoms with E-state index in [0.717, 1.165) is 24.9 Å². The van der Waals surface area contributed by atoms with Crippen LogP contribution in [0.5, 0.6) is 0 Å². The van der Waals surface area contributed by atoms with E-state index in [0.29, 0.717) is 6.04 Å². The van der Waals surface area contributed by atoms with Crippen molar-refractivity contribution < 1.29 is 4.79 Å². The number of hydrogen-bond donors (Lipinski definition) is 2. The van der Waals surface area contributed by atoms with Crippen LogP contribution in [0.15, 0.2) is 0 Å². The SMILES string of the molecule is NC(=O)C(CCN1CCCC2CCCC21)NC1CC1. The van der Waals surface area contributed by atoms with Crippen molar-refractivity contribution in [1.29, 1.82) is 0 Å². The smallest absolute Gasteiger partial charge is 0.234 e. The summed E-state index contributed by atoms with van der Waals surface area (Å²) in [5, 5.41) is 3.39. The van der Waals surface area contributed by atoms with Gasteiger partial charge in [0.05, 0.1) is 6.04 Å². The summed E-state index contributed by atoms with van der Waals surface area (Å²) in [7, 11) is 0. The molecule has 3 aliphatic rings. The van der Waals surface area contributed by atoms with Gasteiger partial charge in [0.25, 0.3) is 0 Å². The van der Waals surface area contributed by atoms with Gasteiger partial charge in [0, 0.05) is 18.6 Å². The van der Waals surface area contributed by atoms with Gasteiger partial charge in [-0.2, -0.15) is 0 Å². The minimum atomic E-state index is -0.174. The van der Waals surface area contributed by atoms with Crippen molar-refractivity contribution in [1.82, 2.24) is 10.2 Å². The lowest BCUT2D eigenvalue weighted by atomic mass is 9.91. The second-order valence-corrected chi connectivity index (χ2v) is 6.62. The number of hydrogen-bond acceptors (Lipinski definition) is 3. The standard InChI is InChI=1S/C15H27N3O/c16-15(19)13(17-12-6-7-12)8-10-18-9-2-4-11-3-1-5-14(11)18/h11-14,17H,1-10H2,(H2,16,19). The highest BCUT2D eigenvalue weighted by Crippen LogP contribution is 2.36. The number of likely N-dealkylation sites (tertiary alicyclic amines) is 1. The van der Waals surface area contributed by atoms with Crippen molar-refractivity contribution >= 4 is 5.91 Å². The highest BCUT2D eigenvalue weighted by Gasteiger charge is 2.35. The Balaban J connectivity index is 1.50. The molecule has 3 unspecified atom stereocenters. The van der Waals surface area contributed by atoms with Crippen LogP contribution in [0.25, 0.3) is 0 Å². The van der Waals surface area contributed by atoms with E-state index in [2.05, 4.69) is 10.2 Å². The van der Waals surface area contributed by atoms with Crippen molar-refractivity contribution in [3.05, 3.63) is 0 Å². The van der Waals surface area contributed by atoms with E-state index in [1.165, 1.54) is 51.5 Å². The van der Waals surface area contributed by atoms with E-state index in [1.807, 2.05) is 0 Å². The fourth-order valence-electron chi connectivity index (χ4n) is 3.97. The Morgan fingerprint density at radius 1 is 1.21 bits per heavy atom. The molecule has 19 heavy (non-hydrogen) atoms. The molecule has 0 aromatic heterocycles. The molecule has 3 fully saturated rings. The van der Waals surface area contributed by atoms with E-state index in [1.54, 1.807) is 0 Å². The lowest BCUT2D eigenvalue weighted by Crippen LogP contribution is -2.48. The summed E-state index contributed by atoms with van der Waals surface area (Å²) < 4.78 is 0. The Hall–Kier alpha value is -0.610. The predicted molar refractivity (Wildman–Crippen MR) is 75.7 cm³/mol. The predicted octanol–water partition coefficient (Wildman–Crippen LogP) is 1.25. The zero-order valence-corrected chi connectivity index (χ0v) is 11.8. The Labute approximate surface area is 116 Å². The summed E-state index contributed by atoms with van der Waals surface area (Å²) in [6, 6.07) is 1.23. The quantitative estimate of drug-likeness (QED) is 0.760. The van der Waals surface area contributed by atoms with Crippen LogP contribution >= 0.6 is 0 Å². The highest BCUT2D eigenvalue weighted by atomic mass is 16.1. The number of piperidine rings is 1. The Morgan fingerprint density at radius 2 is 2.00 bits per heavy atom. The number of fused-ring (bicyclic) bond motifs is 1. The number of amides is 1. The molecule has 3 atom stereocenters. The van der Waals surface area contributed by atoms with Crippen LogP contribution in [0.3, 0.4) is 0 Å². The molecule has 1 amide bonds. The van der Waals surface area contributed by atoms with Crippen molar-refractivity contribution in [3.63, 3.8) is 0 Å². The number of carbonyl (C=O) groups is 1. The zero-order chi connectivity index (χ0) is 13.2. The van der Waals surface area contributed by atoms with Crippen LogP contribution in [0.4, 0.5) is 0 Å². The molecule has 0 aromatic rings. The third kappa shape index (κ3) is 3.29. The van der Waals surface area contributed by atoms with Crippen LogP contribution in [0, 0.1) is 5.92 Å². The zero-order valence-electron chi connectivity index (χ0n) is 11.8. The number of rotatable bonds is 6. The van der Waals surface area contributed by atoms with E-state index in [9.17, 15) is 4.79 Å². The topological polar surface area (TPSA) is 58.4 Å². The third-order valence-electron chi connectivity index (χ3n) is 5.17. The second-order valence-electron chi connectivity index (χ2n) is 6.62. The molecule has 3 N–H and O–H groups in total.